The zero-order chi connectivity index (χ0) is 45.8. The highest BCUT2D eigenvalue weighted by Crippen LogP contribution is 2.39. The number of ether oxygens (including phenoxy) is 2. The molecule has 1 saturated heterocycles. The van der Waals surface area contributed by atoms with Crippen LogP contribution in [0.25, 0.3) is 45.1 Å². The lowest BCUT2D eigenvalue weighted by Gasteiger charge is -2.30. The molecule has 3 aliphatic heterocycles. The molecule has 340 valence electrons. The second kappa shape index (κ2) is 19.4. The number of para-hydroxylation sites is 4. The highest BCUT2D eigenvalue weighted by molar-refractivity contribution is 6.36. The molecule has 5 heterocycles. The second-order valence-corrected chi connectivity index (χ2v) is 19.0. The minimum absolute atomic E-state index is 0.0350. The van der Waals surface area contributed by atoms with Crippen molar-refractivity contribution in [3.05, 3.63) is 132 Å². The molecule has 6 aromatic rings. The Morgan fingerprint density at radius 1 is 0.667 bits per heavy atom. The minimum atomic E-state index is -0.564. The number of piperidine rings is 1. The van der Waals surface area contributed by atoms with Crippen LogP contribution < -0.4 is 10.2 Å². The fourth-order valence-electron chi connectivity index (χ4n) is 9.65. The van der Waals surface area contributed by atoms with Gasteiger partial charge in [-0.1, -0.05) is 98.5 Å². The number of anilines is 2. The van der Waals surface area contributed by atoms with Crippen LogP contribution >= 0.6 is 0 Å². The van der Waals surface area contributed by atoms with Crippen LogP contribution in [-0.4, -0.2) is 57.5 Å². The Hall–Kier alpha value is -6.72. The summed E-state index contributed by atoms with van der Waals surface area (Å²) in [6.07, 6.45) is 17.9. The van der Waals surface area contributed by atoms with Gasteiger partial charge in [0.2, 0.25) is 0 Å². The Morgan fingerprint density at radius 2 is 1.23 bits per heavy atom. The van der Waals surface area contributed by atoms with E-state index in [1.807, 2.05) is 156 Å². The van der Waals surface area contributed by atoms with Crippen LogP contribution in [-0.2, 0) is 42.1 Å². The van der Waals surface area contributed by atoms with E-state index in [0.717, 1.165) is 81.4 Å². The SMILES string of the molecule is CC(C)(C)C(=O)OCn1cc(/C=C2\C(=O)N(CN3CCCCC3)c3ccccc32)c2ccccc21.O=C(CC1CCCCC1)OCn1cc(/C=C2\C(=O)Nc3ccccc32)c2ccccc21. The lowest BCUT2D eigenvalue weighted by Crippen LogP contribution is -2.42. The van der Waals surface area contributed by atoms with Crippen LogP contribution in [0.3, 0.4) is 0 Å². The van der Waals surface area contributed by atoms with E-state index in [-0.39, 0.29) is 37.2 Å². The van der Waals surface area contributed by atoms with Gasteiger partial charge in [0, 0.05) is 68.7 Å². The molecule has 1 saturated carbocycles. The lowest BCUT2D eigenvalue weighted by molar-refractivity contribution is -0.156. The molecule has 11 nitrogen and oxygen atoms in total. The topological polar surface area (TPSA) is 115 Å². The fraction of sp³-hybridized carbons (Fsp3) is 0.345. The standard InChI is InChI=1S/C29H33N3O3.C26H26N2O3/c1-29(2,3)28(34)35-20-31-18-21(22-11-5-7-13-25(22)31)17-24-23-12-6-8-14-26(23)32(27(24)33)19-30-15-9-4-10-16-30;29-25(14-18-8-2-1-3-9-18)31-17-28-16-19(20-10-5-7-13-24(20)28)15-22-21-11-4-6-12-23(21)27-26(22)30/h5-8,11-14,17-18H,4,9-10,15-16,19-20H2,1-3H3;4-7,10-13,15-16,18H,1-3,8-9,14,17H2,(H,27,30)/b24-17-;22-15-. The molecular formula is C55H59N5O6. The van der Waals surface area contributed by atoms with Crippen LogP contribution in [0.2, 0.25) is 0 Å². The fourth-order valence-corrected chi connectivity index (χ4v) is 9.65. The number of hydrogen-bond donors (Lipinski definition) is 1. The zero-order valence-electron chi connectivity index (χ0n) is 38.3. The van der Waals surface area contributed by atoms with E-state index in [4.69, 9.17) is 9.47 Å². The van der Waals surface area contributed by atoms with E-state index in [1.54, 1.807) is 0 Å². The smallest absolute Gasteiger partial charge is 0.312 e. The third kappa shape index (κ3) is 9.63. The third-order valence-corrected chi connectivity index (χ3v) is 13.2. The third-order valence-electron chi connectivity index (χ3n) is 13.2. The number of amides is 2. The van der Waals surface area contributed by atoms with Gasteiger partial charge in [-0.15, -0.1) is 0 Å². The van der Waals surface area contributed by atoms with E-state index in [1.165, 1.54) is 38.5 Å². The average Bonchev–Trinajstić information content (AvgIpc) is 4.04. The molecular weight excluding hydrogens is 827 g/mol. The number of carbonyl (C=O) groups excluding carboxylic acids is 4. The number of esters is 2. The van der Waals surface area contributed by atoms with Gasteiger partial charge in [0.15, 0.2) is 13.5 Å². The number of nitrogens with zero attached hydrogens (tertiary/aromatic N) is 4. The van der Waals surface area contributed by atoms with Gasteiger partial charge in [-0.3, -0.25) is 29.0 Å². The zero-order valence-corrected chi connectivity index (χ0v) is 38.3. The molecule has 10 rings (SSSR count). The Bertz CT molecular complexity index is 2850. The predicted octanol–water partition coefficient (Wildman–Crippen LogP) is 11.1. The number of fused-ring (bicyclic) bond motifs is 4. The van der Waals surface area contributed by atoms with Crippen LogP contribution in [0.4, 0.5) is 11.4 Å². The maximum Gasteiger partial charge on any atom is 0.312 e. The summed E-state index contributed by atoms with van der Waals surface area (Å²) in [5.74, 6) is 0.0192. The summed E-state index contributed by atoms with van der Waals surface area (Å²) in [6.45, 7) is 8.53. The molecule has 11 heteroatoms. The lowest BCUT2D eigenvalue weighted by atomic mass is 9.87. The molecule has 4 aliphatic rings. The van der Waals surface area contributed by atoms with Crippen LogP contribution in [0.5, 0.6) is 0 Å². The summed E-state index contributed by atoms with van der Waals surface area (Å²) in [5.41, 5.74) is 8.26. The maximum atomic E-state index is 13.7. The van der Waals surface area contributed by atoms with Crippen molar-refractivity contribution in [1.82, 2.24) is 14.0 Å². The molecule has 4 aromatic carbocycles. The average molecular weight is 886 g/mol. The molecule has 0 bridgehead atoms. The number of rotatable bonds is 10. The molecule has 2 amide bonds. The first-order valence-corrected chi connectivity index (χ1v) is 23.5. The normalized spacial score (nSPS) is 17.8. The van der Waals surface area contributed by atoms with E-state index in [2.05, 4.69) is 10.2 Å². The van der Waals surface area contributed by atoms with E-state index < -0.39 is 5.41 Å². The number of hydrogen-bond acceptors (Lipinski definition) is 7. The van der Waals surface area contributed by atoms with E-state index in [0.29, 0.717) is 30.2 Å². The Morgan fingerprint density at radius 3 is 1.89 bits per heavy atom. The molecule has 0 unspecified atom stereocenters. The summed E-state index contributed by atoms with van der Waals surface area (Å²) in [4.78, 5) is 55.2. The number of nitrogens with one attached hydrogen (secondary N) is 1. The molecule has 0 radical (unpaired) electrons. The van der Waals surface area contributed by atoms with Crippen LogP contribution in [0.1, 0.15) is 101 Å². The Labute approximate surface area is 386 Å². The molecule has 2 fully saturated rings. The first kappa shape index (κ1) is 44.5. The first-order chi connectivity index (χ1) is 32.0. The molecule has 0 spiro atoms. The number of aromatic nitrogens is 2. The number of carbonyl (C=O) groups is 4. The molecule has 1 N–H and O–H groups in total. The number of benzene rings is 4. The summed E-state index contributed by atoms with van der Waals surface area (Å²) in [7, 11) is 0. The van der Waals surface area contributed by atoms with Gasteiger partial charge in [-0.25, -0.2) is 0 Å². The van der Waals surface area contributed by atoms with Crippen LogP contribution in [0, 0.1) is 11.3 Å². The van der Waals surface area contributed by atoms with Gasteiger partial charge in [0.05, 0.1) is 28.8 Å². The van der Waals surface area contributed by atoms with Gasteiger partial charge >= 0.3 is 11.9 Å². The van der Waals surface area contributed by atoms with Gasteiger partial charge in [0.1, 0.15) is 0 Å². The van der Waals surface area contributed by atoms with Crippen molar-refractivity contribution in [2.75, 3.05) is 30.0 Å². The summed E-state index contributed by atoms with van der Waals surface area (Å²) < 4.78 is 15.1. The highest BCUT2D eigenvalue weighted by Gasteiger charge is 2.34. The van der Waals surface area contributed by atoms with Crippen molar-refractivity contribution in [2.45, 2.75) is 92.0 Å². The van der Waals surface area contributed by atoms with Gasteiger partial charge in [-0.05, 0) is 102 Å². The summed E-state index contributed by atoms with van der Waals surface area (Å²) in [5, 5.41) is 4.96. The van der Waals surface area contributed by atoms with Crippen molar-refractivity contribution >= 4 is 80.2 Å². The molecule has 1 aliphatic carbocycles. The largest absolute Gasteiger partial charge is 0.444 e. The quantitative estimate of drug-likeness (QED) is 0.108. The maximum absolute atomic E-state index is 13.7. The van der Waals surface area contributed by atoms with Crippen molar-refractivity contribution in [2.24, 2.45) is 11.3 Å². The second-order valence-electron chi connectivity index (χ2n) is 19.0. The molecule has 66 heavy (non-hydrogen) atoms. The van der Waals surface area contributed by atoms with Crippen molar-refractivity contribution in [3.63, 3.8) is 0 Å². The molecule has 0 atom stereocenters. The van der Waals surface area contributed by atoms with Crippen molar-refractivity contribution in [1.29, 1.82) is 0 Å². The van der Waals surface area contributed by atoms with E-state index >= 15 is 0 Å². The van der Waals surface area contributed by atoms with Gasteiger partial charge < -0.3 is 23.9 Å². The summed E-state index contributed by atoms with van der Waals surface area (Å²) in [6, 6.07) is 31.7. The predicted molar refractivity (Wildman–Crippen MR) is 262 cm³/mol. The van der Waals surface area contributed by atoms with Crippen LogP contribution in [0.15, 0.2) is 109 Å². The van der Waals surface area contributed by atoms with Crippen molar-refractivity contribution < 1.29 is 28.7 Å². The van der Waals surface area contributed by atoms with Gasteiger partial charge in [0.25, 0.3) is 11.8 Å². The minimum Gasteiger partial charge on any atom is -0.444 e. The Balaban J connectivity index is 0.000000167. The van der Waals surface area contributed by atoms with Crippen molar-refractivity contribution in [3.8, 4) is 0 Å². The summed E-state index contributed by atoms with van der Waals surface area (Å²) >= 11 is 0. The first-order valence-electron chi connectivity index (χ1n) is 23.5. The number of likely N-dealkylation sites (tertiary alicyclic amines) is 1. The van der Waals surface area contributed by atoms with Gasteiger partial charge in [-0.2, -0.15) is 0 Å². The highest BCUT2D eigenvalue weighted by atomic mass is 16.5. The molecule has 2 aromatic heterocycles. The Kier molecular flexibility index (Phi) is 13.1. The monoisotopic (exact) mass is 885 g/mol. The van der Waals surface area contributed by atoms with E-state index in [9.17, 15) is 19.2 Å².